The average molecular weight is 411 g/mol. The van der Waals surface area contributed by atoms with Gasteiger partial charge in [0, 0.05) is 31.8 Å². The smallest absolute Gasteiger partial charge is 0.216 e. The van der Waals surface area contributed by atoms with E-state index in [1.807, 2.05) is 16.5 Å². The van der Waals surface area contributed by atoms with E-state index in [0.717, 1.165) is 34.5 Å². The standard InChI is InChI=1S/C20H21N5O3S/c1-13(26)21-8-4-7-19-22-11-15-12-23-20-18(25(15)19)10-17(24-20)14-5-3-6-16(9-14)29(2,27)28/h3,5-6,9-12,24H,4,7-8H2,1-2H3,(H,21,26). The number of carbonyl (C=O) groups is 1. The van der Waals surface area contributed by atoms with Crippen LogP contribution in [0.1, 0.15) is 19.2 Å². The van der Waals surface area contributed by atoms with Crippen LogP contribution >= 0.6 is 0 Å². The molecule has 3 aromatic heterocycles. The number of sulfone groups is 1. The molecule has 0 atom stereocenters. The fourth-order valence-electron chi connectivity index (χ4n) is 3.34. The van der Waals surface area contributed by atoms with E-state index in [1.54, 1.807) is 30.6 Å². The number of aromatic amines is 1. The van der Waals surface area contributed by atoms with Crippen LogP contribution in [0.3, 0.4) is 0 Å². The van der Waals surface area contributed by atoms with Crippen molar-refractivity contribution in [3.05, 3.63) is 48.5 Å². The molecule has 1 amide bonds. The zero-order valence-corrected chi connectivity index (χ0v) is 17.0. The summed E-state index contributed by atoms with van der Waals surface area (Å²) >= 11 is 0. The first kappa shape index (κ1) is 19.1. The lowest BCUT2D eigenvalue weighted by Gasteiger charge is -2.04. The van der Waals surface area contributed by atoms with Crippen molar-refractivity contribution < 1.29 is 13.2 Å². The summed E-state index contributed by atoms with van der Waals surface area (Å²) in [5.41, 5.74) is 3.99. The summed E-state index contributed by atoms with van der Waals surface area (Å²) in [6.07, 6.45) is 6.20. The number of benzene rings is 1. The molecule has 8 nitrogen and oxygen atoms in total. The van der Waals surface area contributed by atoms with Gasteiger partial charge in [-0.15, -0.1) is 0 Å². The molecular formula is C20H21N5O3S. The Kier molecular flexibility index (Phi) is 4.83. The molecule has 0 aliphatic heterocycles. The molecule has 0 aliphatic rings. The van der Waals surface area contributed by atoms with Crippen LogP contribution in [0.5, 0.6) is 0 Å². The minimum Gasteiger partial charge on any atom is -0.356 e. The number of rotatable bonds is 6. The second kappa shape index (κ2) is 7.32. The summed E-state index contributed by atoms with van der Waals surface area (Å²) in [5, 5.41) is 2.79. The Bertz CT molecular complexity index is 1320. The van der Waals surface area contributed by atoms with Gasteiger partial charge >= 0.3 is 0 Å². The molecule has 0 spiro atoms. The quantitative estimate of drug-likeness (QED) is 0.473. The van der Waals surface area contributed by atoms with Gasteiger partial charge in [0.2, 0.25) is 5.91 Å². The fourth-order valence-corrected chi connectivity index (χ4v) is 4.01. The van der Waals surface area contributed by atoms with E-state index in [0.29, 0.717) is 18.6 Å². The zero-order chi connectivity index (χ0) is 20.6. The lowest BCUT2D eigenvalue weighted by atomic mass is 10.1. The van der Waals surface area contributed by atoms with E-state index in [1.165, 1.54) is 13.2 Å². The Morgan fingerprint density at radius 1 is 1.21 bits per heavy atom. The number of nitrogens with one attached hydrogen (secondary N) is 2. The highest BCUT2D eigenvalue weighted by molar-refractivity contribution is 7.90. The number of H-pyrrole nitrogens is 1. The second-order valence-electron chi connectivity index (χ2n) is 7.00. The topological polar surface area (TPSA) is 109 Å². The molecule has 0 radical (unpaired) electrons. The van der Waals surface area contributed by atoms with Gasteiger partial charge in [0.25, 0.3) is 0 Å². The maximum absolute atomic E-state index is 11.9. The molecule has 0 unspecified atom stereocenters. The van der Waals surface area contributed by atoms with Gasteiger partial charge in [0.1, 0.15) is 5.82 Å². The molecule has 2 N–H and O–H groups in total. The SMILES string of the molecule is CC(=O)NCCCc1ncc2cnc3[nH]c(-c4cccc(S(C)(=O)=O)c4)cc3n12. The third kappa shape index (κ3) is 3.86. The average Bonchev–Trinajstić information content (AvgIpc) is 3.28. The number of carbonyl (C=O) groups excluding carboxylic acids is 1. The highest BCUT2D eigenvalue weighted by atomic mass is 32.2. The predicted molar refractivity (Wildman–Crippen MR) is 110 cm³/mol. The number of fused-ring (bicyclic) bond motifs is 3. The molecule has 4 rings (SSSR count). The van der Waals surface area contributed by atoms with Crippen molar-refractivity contribution in [2.45, 2.75) is 24.7 Å². The van der Waals surface area contributed by atoms with Crippen LogP contribution in [-0.4, -0.2) is 46.5 Å². The number of amides is 1. The molecule has 1 aromatic carbocycles. The molecule has 0 bridgehead atoms. The van der Waals surface area contributed by atoms with Crippen molar-refractivity contribution in [1.29, 1.82) is 0 Å². The van der Waals surface area contributed by atoms with Crippen molar-refractivity contribution in [2.24, 2.45) is 0 Å². The monoisotopic (exact) mass is 411 g/mol. The van der Waals surface area contributed by atoms with Crippen molar-refractivity contribution in [3.8, 4) is 11.3 Å². The highest BCUT2D eigenvalue weighted by Gasteiger charge is 2.14. The van der Waals surface area contributed by atoms with Crippen LogP contribution in [0.15, 0.2) is 47.6 Å². The Morgan fingerprint density at radius 2 is 2.00 bits per heavy atom. The number of hydrogen-bond donors (Lipinski definition) is 2. The third-order valence-corrected chi connectivity index (χ3v) is 5.84. The lowest BCUT2D eigenvalue weighted by Crippen LogP contribution is -2.21. The van der Waals surface area contributed by atoms with Gasteiger partial charge in [-0.2, -0.15) is 0 Å². The van der Waals surface area contributed by atoms with E-state index < -0.39 is 9.84 Å². The summed E-state index contributed by atoms with van der Waals surface area (Å²) in [5.74, 6) is 0.837. The maximum atomic E-state index is 11.9. The van der Waals surface area contributed by atoms with E-state index in [-0.39, 0.29) is 10.8 Å². The molecule has 4 aromatic rings. The first-order valence-corrected chi connectivity index (χ1v) is 11.1. The van der Waals surface area contributed by atoms with Crippen LogP contribution in [0.4, 0.5) is 0 Å². The summed E-state index contributed by atoms with van der Waals surface area (Å²) < 4.78 is 25.8. The van der Waals surface area contributed by atoms with Gasteiger partial charge in [-0.05, 0) is 30.2 Å². The van der Waals surface area contributed by atoms with Crippen molar-refractivity contribution in [3.63, 3.8) is 0 Å². The second-order valence-corrected chi connectivity index (χ2v) is 9.01. The van der Waals surface area contributed by atoms with Crippen molar-refractivity contribution in [2.75, 3.05) is 12.8 Å². The van der Waals surface area contributed by atoms with Gasteiger partial charge in [-0.1, -0.05) is 12.1 Å². The highest BCUT2D eigenvalue weighted by Crippen LogP contribution is 2.26. The number of nitrogens with zero attached hydrogens (tertiary/aromatic N) is 3. The van der Waals surface area contributed by atoms with Crippen LogP contribution in [0.25, 0.3) is 27.9 Å². The van der Waals surface area contributed by atoms with Gasteiger partial charge in [0.15, 0.2) is 15.5 Å². The van der Waals surface area contributed by atoms with Gasteiger partial charge in [-0.25, -0.2) is 18.4 Å². The van der Waals surface area contributed by atoms with E-state index >= 15 is 0 Å². The molecule has 0 saturated heterocycles. The lowest BCUT2D eigenvalue weighted by molar-refractivity contribution is -0.118. The van der Waals surface area contributed by atoms with Crippen LogP contribution < -0.4 is 5.32 Å². The summed E-state index contributed by atoms with van der Waals surface area (Å²) in [7, 11) is -3.29. The predicted octanol–water partition coefficient (Wildman–Crippen LogP) is 2.35. The van der Waals surface area contributed by atoms with E-state index in [4.69, 9.17) is 0 Å². The number of hydrogen-bond acceptors (Lipinski definition) is 5. The van der Waals surface area contributed by atoms with E-state index in [9.17, 15) is 13.2 Å². The summed E-state index contributed by atoms with van der Waals surface area (Å²) in [4.78, 5) is 23.6. The van der Waals surface area contributed by atoms with Crippen molar-refractivity contribution in [1.82, 2.24) is 24.7 Å². The third-order valence-electron chi connectivity index (χ3n) is 4.73. The first-order valence-electron chi connectivity index (χ1n) is 9.22. The largest absolute Gasteiger partial charge is 0.356 e. The molecule has 0 saturated carbocycles. The zero-order valence-electron chi connectivity index (χ0n) is 16.1. The Hall–Kier alpha value is -3.20. The number of aromatic nitrogens is 4. The van der Waals surface area contributed by atoms with Crippen LogP contribution in [0.2, 0.25) is 0 Å². The number of aryl methyl sites for hydroxylation is 1. The summed E-state index contributed by atoms with van der Waals surface area (Å²) in [6.45, 7) is 2.09. The Labute approximate surface area is 167 Å². The molecule has 0 fully saturated rings. The van der Waals surface area contributed by atoms with Crippen LogP contribution in [0, 0.1) is 0 Å². The molecule has 0 aliphatic carbocycles. The van der Waals surface area contributed by atoms with Gasteiger partial charge < -0.3 is 10.3 Å². The normalized spacial score (nSPS) is 11.9. The Balaban J connectivity index is 1.73. The fraction of sp³-hybridized carbons (Fsp3) is 0.250. The molecule has 150 valence electrons. The molecule has 29 heavy (non-hydrogen) atoms. The maximum Gasteiger partial charge on any atom is 0.216 e. The summed E-state index contributed by atoms with van der Waals surface area (Å²) in [6, 6.07) is 8.78. The minimum atomic E-state index is -3.29. The minimum absolute atomic E-state index is 0.0452. The van der Waals surface area contributed by atoms with E-state index in [2.05, 4.69) is 20.3 Å². The van der Waals surface area contributed by atoms with Gasteiger partial charge in [-0.3, -0.25) is 9.20 Å². The molecule has 3 heterocycles. The van der Waals surface area contributed by atoms with Gasteiger partial charge in [0.05, 0.1) is 28.3 Å². The Morgan fingerprint density at radius 3 is 2.76 bits per heavy atom. The number of imidazole rings is 1. The molecular weight excluding hydrogens is 390 g/mol. The first-order chi connectivity index (χ1) is 13.8. The molecule has 9 heteroatoms. The van der Waals surface area contributed by atoms with Crippen molar-refractivity contribution >= 4 is 32.4 Å². The van der Waals surface area contributed by atoms with Crippen LogP contribution in [-0.2, 0) is 21.1 Å².